The summed E-state index contributed by atoms with van der Waals surface area (Å²) >= 11 is 0. The Hall–Kier alpha value is -1.55. The number of carbonyl (C=O) groups is 1. The largest absolute Gasteiger partial charge is 0.492 e. The summed E-state index contributed by atoms with van der Waals surface area (Å²) < 4.78 is 5.63. The molecule has 1 aromatic carbocycles. The Morgan fingerprint density at radius 2 is 2.25 bits per heavy atom. The first-order valence-electron chi connectivity index (χ1n) is 7.43. The van der Waals surface area contributed by atoms with Gasteiger partial charge in [-0.05, 0) is 31.7 Å². The Bertz CT molecular complexity index is 501. The quantitative estimate of drug-likeness (QED) is 0.894. The monoisotopic (exact) mass is 274 g/mol. The van der Waals surface area contributed by atoms with Crippen LogP contribution in [0.25, 0.3) is 0 Å². The predicted octanol–water partition coefficient (Wildman–Crippen LogP) is 1.75. The van der Waals surface area contributed by atoms with Crippen LogP contribution in [0.1, 0.15) is 31.2 Å². The summed E-state index contributed by atoms with van der Waals surface area (Å²) in [5.41, 5.74) is 7.03. The normalized spacial score (nSPS) is 26.8. The molecule has 0 aromatic heterocycles. The molecule has 1 aromatic rings. The van der Waals surface area contributed by atoms with Gasteiger partial charge in [-0.3, -0.25) is 4.79 Å². The van der Waals surface area contributed by atoms with E-state index in [9.17, 15) is 4.79 Å². The highest BCUT2D eigenvalue weighted by Crippen LogP contribution is 2.35. The Kier molecular flexibility index (Phi) is 3.66. The van der Waals surface area contributed by atoms with Crippen LogP contribution in [0.5, 0.6) is 5.75 Å². The predicted molar refractivity (Wildman–Crippen MR) is 77.6 cm³/mol. The zero-order chi connectivity index (χ0) is 14.1. The summed E-state index contributed by atoms with van der Waals surface area (Å²) in [7, 11) is 0. The second-order valence-corrected chi connectivity index (χ2v) is 5.95. The van der Waals surface area contributed by atoms with Crippen molar-refractivity contribution >= 4 is 5.91 Å². The Balaban J connectivity index is 1.74. The average Bonchev–Trinajstić information content (AvgIpc) is 2.90. The van der Waals surface area contributed by atoms with Gasteiger partial charge < -0.3 is 15.4 Å². The number of nitrogens with zero attached hydrogens (tertiary/aromatic N) is 1. The zero-order valence-corrected chi connectivity index (χ0v) is 11.9. The molecule has 0 unspecified atom stereocenters. The molecule has 20 heavy (non-hydrogen) atoms. The topological polar surface area (TPSA) is 55.6 Å². The Morgan fingerprint density at radius 1 is 1.45 bits per heavy atom. The molecule has 0 spiro atoms. The van der Waals surface area contributed by atoms with Gasteiger partial charge in [0.2, 0.25) is 5.91 Å². The number of ether oxygens (including phenoxy) is 1. The van der Waals surface area contributed by atoms with Crippen LogP contribution in [-0.4, -0.2) is 36.5 Å². The molecule has 2 aliphatic heterocycles. The summed E-state index contributed by atoms with van der Waals surface area (Å²) in [4.78, 5) is 14.7. The molecule has 4 heteroatoms. The number of amides is 1. The number of rotatable bonds is 2. The van der Waals surface area contributed by atoms with Gasteiger partial charge in [-0.2, -0.15) is 0 Å². The van der Waals surface area contributed by atoms with Crippen molar-refractivity contribution in [2.75, 3.05) is 19.7 Å². The second-order valence-electron chi connectivity index (χ2n) is 5.95. The van der Waals surface area contributed by atoms with Crippen LogP contribution in [0.15, 0.2) is 24.3 Å². The van der Waals surface area contributed by atoms with Crippen LogP contribution in [0, 0.1) is 5.92 Å². The van der Waals surface area contributed by atoms with E-state index in [1.165, 1.54) is 0 Å². The van der Waals surface area contributed by atoms with Crippen LogP contribution in [0.4, 0.5) is 0 Å². The van der Waals surface area contributed by atoms with Gasteiger partial charge in [0.05, 0.1) is 0 Å². The van der Waals surface area contributed by atoms with E-state index >= 15 is 0 Å². The fraction of sp³-hybridized carbons (Fsp3) is 0.562. The van der Waals surface area contributed by atoms with E-state index in [1.807, 2.05) is 36.1 Å². The number of likely N-dealkylation sites (tertiary alicyclic amines) is 1. The minimum Gasteiger partial charge on any atom is -0.492 e. The molecule has 2 heterocycles. The lowest BCUT2D eigenvalue weighted by Crippen LogP contribution is -2.46. The number of para-hydroxylation sites is 1. The van der Waals surface area contributed by atoms with E-state index in [2.05, 4.69) is 0 Å². The third-order valence-corrected chi connectivity index (χ3v) is 4.51. The van der Waals surface area contributed by atoms with Gasteiger partial charge in [-0.25, -0.2) is 0 Å². The van der Waals surface area contributed by atoms with Gasteiger partial charge >= 0.3 is 0 Å². The number of piperidine rings is 1. The highest BCUT2D eigenvalue weighted by Gasteiger charge is 2.35. The smallest absolute Gasteiger partial charge is 0.233 e. The number of benzene rings is 1. The fourth-order valence-electron chi connectivity index (χ4n) is 3.23. The second kappa shape index (κ2) is 5.44. The van der Waals surface area contributed by atoms with Crippen LogP contribution in [-0.2, 0) is 4.79 Å². The van der Waals surface area contributed by atoms with Crippen LogP contribution >= 0.6 is 0 Å². The van der Waals surface area contributed by atoms with Gasteiger partial charge in [0.25, 0.3) is 0 Å². The lowest BCUT2D eigenvalue weighted by molar-refractivity contribution is -0.135. The molecule has 2 aliphatic rings. The van der Waals surface area contributed by atoms with Crippen molar-refractivity contribution in [3.05, 3.63) is 29.8 Å². The van der Waals surface area contributed by atoms with Crippen molar-refractivity contribution in [1.29, 1.82) is 0 Å². The molecule has 0 radical (unpaired) electrons. The first kappa shape index (κ1) is 13.4. The first-order chi connectivity index (χ1) is 9.66. The van der Waals surface area contributed by atoms with E-state index in [1.54, 1.807) is 0 Å². The lowest BCUT2D eigenvalue weighted by atomic mass is 9.90. The summed E-state index contributed by atoms with van der Waals surface area (Å²) in [6.07, 6.45) is 2.17. The third-order valence-electron chi connectivity index (χ3n) is 4.51. The molecule has 1 fully saturated rings. The highest BCUT2D eigenvalue weighted by molar-refractivity contribution is 5.85. The van der Waals surface area contributed by atoms with Crippen molar-refractivity contribution in [3.8, 4) is 5.75 Å². The Labute approximate surface area is 119 Å². The van der Waals surface area contributed by atoms with Crippen LogP contribution in [0.2, 0.25) is 0 Å². The molecule has 108 valence electrons. The van der Waals surface area contributed by atoms with Crippen LogP contribution in [0.3, 0.4) is 0 Å². The molecule has 1 saturated heterocycles. The van der Waals surface area contributed by atoms with Crippen molar-refractivity contribution in [2.24, 2.45) is 11.7 Å². The van der Waals surface area contributed by atoms with Crippen molar-refractivity contribution in [3.63, 3.8) is 0 Å². The maximum absolute atomic E-state index is 12.7. The number of fused-ring (bicyclic) bond motifs is 1. The lowest BCUT2D eigenvalue weighted by Gasteiger charge is -2.35. The molecule has 0 bridgehead atoms. The fourth-order valence-corrected chi connectivity index (χ4v) is 3.23. The minimum absolute atomic E-state index is 0.141. The summed E-state index contributed by atoms with van der Waals surface area (Å²) in [5, 5.41) is 0. The molecular weight excluding hydrogens is 252 g/mol. The maximum Gasteiger partial charge on any atom is 0.233 e. The van der Waals surface area contributed by atoms with E-state index in [0.29, 0.717) is 12.5 Å². The molecule has 0 aliphatic carbocycles. The van der Waals surface area contributed by atoms with Gasteiger partial charge in [0, 0.05) is 24.7 Å². The number of hydrogen-bond donors (Lipinski definition) is 1. The van der Waals surface area contributed by atoms with E-state index in [0.717, 1.165) is 37.2 Å². The molecule has 2 N–H and O–H groups in total. The number of hydrogen-bond acceptors (Lipinski definition) is 3. The standard InChI is InChI=1S/C16H22N2O2/c1-11(17)12-5-4-8-18(9-12)16(19)14-10-20-15-7-3-2-6-13(14)15/h2-3,6-7,11-12,14H,4-5,8-10,17H2,1H3/t11-,12+,14+/m0/s1. The van der Waals surface area contributed by atoms with Gasteiger partial charge in [-0.15, -0.1) is 0 Å². The van der Waals surface area contributed by atoms with Crippen LogP contribution < -0.4 is 10.5 Å². The SMILES string of the molecule is C[C@H](N)[C@@H]1CCCN(C(=O)[C@@H]2COc3ccccc32)C1. The van der Waals surface area contributed by atoms with E-state index < -0.39 is 0 Å². The summed E-state index contributed by atoms with van der Waals surface area (Å²) in [5.74, 6) is 1.33. The number of nitrogens with two attached hydrogens (primary N) is 1. The summed E-state index contributed by atoms with van der Waals surface area (Å²) in [6.45, 7) is 4.14. The van der Waals surface area contributed by atoms with Crippen molar-refractivity contribution in [2.45, 2.75) is 31.7 Å². The first-order valence-corrected chi connectivity index (χ1v) is 7.43. The summed E-state index contributed by atoms with van der Waals surface area (Å²) in [6, 6.07) is 7.99. The molecular formula is C16H22N2O2. The van der Waals surface area contributed by atoms with Gasteiger partial charge in [0.1, 0.15) is 18.3 Å². The van der Waals surface area contributed by atoms with E-state index in [-0.39, 0.29) is 17.9 Å². The van der Waals surface area contributed by atoms with Gasteiger partial charge in [0.15, 0.2) is 0 Å². The molecule has 1 amide bonds. The zero-order valence-electron chi connectivity index (χ0n) is 11.9. The molecule has 0 saturated carbocycles. The van der Waals surface area contributed by atoms with Crippen molar-refractivity contribution in [1.82, 2.24) is 4.90 Å². The molecule has 3 atom stereocenters. The van der Waals surface area contributed by atoms with Crippen molar-refractivity contribution < 1.29 is 9.53 Å². The molecule has 3 rings (SSSR count). The maximum atomic E-state index is 12.7. The minimum atomic E-state index is -0.141. The van der Waals surface area contributed by atoms with Gasteiger partial charge in [-0.1, -0.05) is 18.2 Å². The van der Waals surface area contributed by atoms with E-state index in [4.69, 9.17) is 10.5 Å². The third kappa shape index (κ3) is 2.40. The highest BCUT2D eigenvalue weighted by atomic mass is 16.5. The Morgan fingerprint density at radius 3 is 3.05 bits per heavy atom. The number of carbonyl (C=O) groups excluding carboxylic acids is 1. The molecule has 4 nitrogen and oxygen atoms in total. The average molecular weight is 274 g/mol.